The van der Waals surface area contributed by atoms with Gasteiger partial charge in [-0.1, -0.05) is 6.42 Å². The van der Waals surface area contributed by atoms with Crippen molar-refractivity contribution in [3.63, 3.8) is 0 Å². The number of halogens is 1. The quantitative estimate of drug-likeness (QED) is 0.728. The maximum Gasteiger partial charge on any atom is 0.235 e. The number of alkyl halides is 1. The van der Waals surface area contributed by atoms with Gasteiger partial charge >= 0.3 is 0 Å². The van der Waals surface area contributed by atoms with Crippen molar-refractivity contribution in [1.82, 2.24) is 4.90 Å². The Morgan fingerprint density at radius 3 is 2.75 bits per heavy atom. The molecule has 2 fully saturated rings. The van der Waals surface area contributed by atoms with Crippen LogP contribution in [0.5, 0.6) is 0 Å². The van der Waals surface area contributed by atoms with E-state index in [4.69, 9.17) is 11.6 Å². The number of thioether (sulfide) groups is 1. The van der Waals surface area contributed by atoms with Crippen LogP contribution in [-0.2, 0) is 4.79 Å². The van der Waals surface area contributed by atoms with E-state index in [1.807, 2.05) is 23.7 Å². The highest BCUT2D eigenvalue weighted by Crippen LogP contribution is 2.33. The summed E-state index contributed by atoms with van der Waals surface area (Å²) < 4.78 is 0. The Balaban J connectivity index is 1.74. The third kappa shape index (κ3) is 3.07. The van der Waals surface area contributed by atoms with Gasteiger partial charge < -0.3 is 4.90 Å². The molecule has 0 aromatic heterocycles. The van der Waals surface area contributed by atoms with Crippen LogP contribution >= 0.6 is 23.4 Å². The third-order valence-electron chi connectivity index (χ3n) is 3.54. The van der Waals surface area contributed by atoms with Crippen LogP contribution < -0.4 is 0 Å². The van der Waals surface area contributed by atoms with E-state index < -0.39 is 0 Å². The molecule has 1 heterocycles. The maximum atomic E-state index is 12.1. The summed E-state index contributed by atoms with van der Waals surface area (Å²) >= 11 is 7.78. The molecule has 2 aliphatic rings. The fourth-order valence-corrected chi connectivity index (χ4v) is 4.28. The first-order chi connectivity index (χ1) is 7.66. The van der Waals surface area contributed by atoms with Crippen molar-refractivity contribution in [2.24, 2.45) is 5.92 Å². The van der Waals surface area contributed by atoms with Crippen LogP contribution in [-0.4, -0.2) is 40.8 Å². The summed E-state index contributed by atoms with van der Waals surface area (Å²) in [6.07, 6.45) is 5.71. The van der Waals surface area contributed by atoms with Gasteiger partial charge in [-0.15, -0.1) is 23.4 Å². The largest absolute Gasteiger partial charge is 0.345 e. The number of hydrogen-bond donors (Lipinski definition) is 0. The lowest BCUT2D eigenvalue weighted by Crippen LogP contribution is -2.42. The second kappa shape index (κ2) is 5.63. The highest BCUT2D eigenvalue weighted by Gasteiger charge is 2.31. The van der Waals surface area contributed by atoms with Crippen LogP contribution in [0.1, 0.15) is 32.1 Å². The second-order valence-corrected chi connectivity index (χ2v) is 6.94. The van der Waals surface area contributed by atoms with E-state index in [0.29, 0.717) is 17.2 Å². The van der Waals surface area contributed by atoms with Crippen LogP contribution in [0.15, 0.2) is 0 Å². The van der Waals surface area contributed by atoms with Crippen molar-refractivity contribution < 1.29 is 4.79 Å². The minimum absolute atomic E-state index is 0.227. The first kappa shape index (κ1) is 12.6. The molecular formula is C12H20ClNOS. The van der Waals surface area contributed by atoms with E-state index >= 15 is 0 Å². The summed E-state index contributed by atoms with van der Waals surface area (Å²) in [7, 11) is 1.94. The first-order valence-corrected chi connectivity index (χ1v) is 7.66. The highest BCUT2D eigenvalue weighted by atomic mass is 35.5. The Kier molecular flexibility index (Phi) is 4.42. The zero-order valence-corrected chi connectivity index (χ0v) is 11.4. The third-order valence-corrected chi connectivity index (χ3v) is 5.26. The van der Waals surface area contributed by atoms with E-state index in [-0.39, 0.29) is 5.25 Å². The predicted molar refractivity (Wildman–Crippen MR) is 70.1 cm³/mol. The zero-order valence-electron chi connectivity index (χ0n) is 9.82. The van der Waals surface area contributed by atoms with E-state index in [1.54, 1.807) is 0 Å². The van der Waals surface area contributed by atoms with Gasteiger partial charge in [0.15, 0.2) is 0 Å². The molecule has 2 rings (SSSR count). The van der Waals surface area contributed by atoms with Gasteiger partial charge in [0.05, 0.1) is 5.25 Å². The monoisotopic (exact) mass is 261 g/mol. The van der Waals surface area contributed by atoms with Gasteiger partial charge in [0.2, 0.25) is 5.91 Å². The van der Waals surface area contributed by atoms with Crippen LogP contribution in [0.25, 0.3) is 0 Å². The molecule has 1 amide bonds. The predicted octanol–water partition coefficient (Wildman–Crippen LogP) is 2.75. The minimum atomic E-state index is 0.227. The smallest absolute Gasteiger partial charge is 0.235 e. The van der Waals surface area contributed by atoms with Gasteiger partial charge in [-0.2, -0.15) is 0 Å². The molecule has 0 aromatic rings. The van der Waals surface area contributed by atoms with Gasteiger partial charge in [-0.3, -0.25) is 4.79 Å². The molecule has 1 saturated heterocycles. The Morgan fingerprint density at radius 1 is 1.44 bits per heavy atom. The molecule has 0 N–H and O–H groups in total. The molecule has 0 radical (unpaired) electrons. The van der Waals surface area contributed by atoms with E-state index in [9.17, 15) is 4.79 Å². The van der Waals surface area contributed by atoms with Gasteiger partial charge in [-0.05, 0) is 37.4 Å². The second-order valence-electron chi connectivity index (χ2n) is 5.01. The Hall–Kier alpha value is 0.110. The van der Waals surface area contributed by atoms with E-state index in [1.165, 1.54) is 12.8 Å². The lowest BCUT2D eigenvalue weighted by atomic mass is 9.84. The first-order valence-electron chi connectivity index (χ1n) is 6.17. The molecule has 0 spiro atoms. The summed E-state index contributed by atoms with van der Waals surface area (Å²) in [5, 5.41) is 0.586. The SMILES string of the molecule is CN(CC1CC(Cl)C1)C(=O)C1CCCCS1. The van der Waals surface area contributed by atoms with Gasteiger partial charge in [-0.25, -0.2) is 0 Å². The normalized spacial score (nSPS) is 34.2. The Bertz CT molecular complexity index is 249. The molecule has 16 heavy (non-hydrogen) atoms. The van der Waals surface area contributed by atoms with E-state index in [0.717, 1.165) is 31.6 Å². The summed E-state index contributed by atoms with van der Waals surface area (Å²) in [4.78, 5) is 14.1. The standard InChI is InChI=1S/C12H20ClNOS/c1-14(8-9-6-10(13)7-9)12(15)11-4-2-3-5-16-11/h9-11H,2-8H2,1H3. The molecule has 0 bridgehead atoms. The summed E-state index contributed by atoms with van der Waals surface area (Å²) in [5.41, 5.74) is 0. The number of nitrogens with zero attached hydrogens (tertiary/aromatic N) is 1. The van der Waals surface area contributed by atoms with Gasteiger partial charge in [0.25, 0.3) is 0 Å². The molecule has 4 heteroatoms. The van der Waals surface area contributed by atoms with E-state index in [2.05, 4.69) is 0 Å². The molecular weight excluding hydrogens is 242 g/mol. The number of amides is 1. The summed E-state index contributed by atoms with van der Waals surface area (Å²) in [5.74, 6) is 2.13. The molecule has 1 aliphatic heterocycles. The Labute approximate surface area is 107 Å². The lowest BCUT2D eigenvalue weighted by Gasteiger charge is -2.35. The molecule has 1 aliphatic carbocycles. The number of carbonyl (C=O) groups is 1. The Morgan fingerprint density at radius 2 is 2.19 bits per heavy atom. The molecule has 1 unspecified atom stereocenters. The van der Waals surface area contributed by atoms with Crippen molar-refractivity contribution >= 4 is 29.3 Å². The van der Waals surface area contributed by atoms with Crippen molar-refractivity contribution in [1.29, 1.82) is 0 Å². The fraction of sp³-hybridized carbons (Fsp3) is 0.917. The van der Waals surface area contributed by atoms with Gasteiger partial charge in [0.1, 0.15) is 0 Å². The van der Waals surface area contributed by atoms with Crippen LogP contribution in [0.3, 0.4) is 0 Å². The lowest BCUT2D eigenvalue weighted by molar-refractivity contribution is -0.130. The number of rotatable bonds is 3. The molecule has 2 nitrogen and oxygen atoms in total. The average molecular weight is 262 g/mol. The zero-order chi connectivity index (χ0) is 11.5. The van der Waals surface area contributed by atoms with Crippen LogP contribution in [0, 0.1) is 5.92 Å². The molecule has 1 saturated carbocycles. The highest BCUT2D eigenvalue weighted by molar-refractivity contribution is 8.00. The number of hydrogen-bond acceptors (Lipinski definition) is 2. The van der Waals surface area contributed by atoms with Crippen molar-refractivity contribution in [3.8, 4) is 0 Å². The topological polar surface area (TPSA) is 20.3 Å². The fourth-order valence-electron chi connectivity index (χ4n) is 2.46. The summed E-state index contributed by atoms with van der Waals surface area (Å²) in [6, 6.07) is 0. The molecule has 0 aromatic carbocycles. The van der Waals surface area contributed by atoms with Crippen molar-refractivity contribution in [2.75, 3.05) is 19.3 Å². The van der Waals surface area contributed by atoms with Crippen LogP contribution in [0.4, 0.5) is 0 Å². The van der Waals surface area contributed by atoms with Crippen LogP contribution in [0.2, 0.25) is 0 Å². The average Bonchev–Trinajstić information content (AvgIpc) is 2.27. The molecule has 92 valence electrons. The van der Waals surface area contributed by atoms with Crippen molar-refractivity contribution in [3.05, 3.63) is 0 Å². The van der Waals surface area contributed by atoms with Crippen molar-refractivity contribution in [2.45, 2.75) is 42.7 Å². The van der Waals surface area contributed by atoms with Gasteiger partial charge in [0, 0.05) is 19.0 Å². The minimum Gasteiger partial charge on any atom is -0.345 e. The molecule has 1 atom stereocenters. The number of carbonyl (C=O) groups excluding carboxylic acids is 1. The summed E-state index contributed by atoms with van der Waals surface area (Å²) in [6.45, 7) is 0.902. The maximum absolute atomic E-state index is 12.1.